The summed E-state index contributed by atoms with van der Waals surface area (Å²) in [6.45, 7) is 0. The topological polar surface area (TPSA) is 49.4 Å². The highest BCUT2D eigenvalue weighted by Gasteiger charge is 2.48. The van der Waals surface area contributed by atoms with Crippen LogP contribution in [0, 0.1) is 5.82 Å². The molecular weight excluding hydrogens is 355 g/mol. The third-order valence-corrected chi connectivity index (χ3v) is 5.88. The molecule has 2 heterocycles. The molecule has 0 amide bonds. The van der Waals surface area contributed by atoms with Gasteiger partial charge in [-0.15, -0.1) is 0 Å². The molecular formula is C11H10BrFN2O2S2. The number of nitrogens with one attached hydrogen (secondary N) is 1. The third kappa shape index (κ3) is 2.25. The molecule has 2 aliphatic heterocycles. The molecule has 1 aromatic rings. The van der Waals surface area contributed by atoms with E-state index in [4.69, 9.17) is 12.2 Å². The maximum Gasteiger partial charge on any atom is 0.174 e. The van der Waals surface area contributed by atoms with E-state index in [1.807, 2.05) is 0 Å². The molecule has 0 aliphatic carbocycles. The van der Waals surface area contributed by atoms with Gasteiger partial charge < -0.3 is 10.2 Å². The first-order valence-electron chi connectivity index (χ1n) is 5.62. The SMILES string of the molecule is O=S1(=O)C[C@@H]2NC(=S)N(c3ccc(Br)cc3F)[C@H]2C1. The lowest BCUT2D eigenvalue weighted by Gasteiger charge is -2.23. The first-order valence-corrected chi connectivity index (χ1v) is 8.65. The van der Waals surface area contributed by atoms with E-state index in [0.717, 1.165) is 0 Å². The van der Waals surface area contributed by atoms with E-state index in [2.05, 4.69) is 21.2 Å². The number of nitrogens with zero attached hydrogens (tertiary/aromatic N) is 1. The van der Waals surface area contributed by atoms with Crippen molar-refractivity contribution < 1.29 is 12.8 Å². The molecule has 2 atom stereocenters. The number of thiocarbonyl (C=S) groups is 1. The number of fused-ring (bicyclic) bond motifs is 1. The molecule has 1 aromatic carbocycles. The molecule has 8 heteroatoms. The zero-order valence-corrected chi connectivity index (χ0v) is 12.9. The van der Waals surface area contributed by atoms with Crippen molar-refractivity contribution in [1.82, 2.24) is 5.32 Å². The highest BCUT2D eigenvalue weighted by atomic mass is 79.9. The summed E-state index contributed by atoms with van der Waals surface area (Å²) in [5, 5.41) is 3.34. The molecule has 19 heavy (non-hydrogen) atoms. The quantitative estimate of drug-likeness (QED) is 0.764. The fraction of sp³-hybridized carbons (Fsp3) is 0.364. The normalized spacial score (nSPS) is 28.3. The maximum atomic E-state index is 14.0. The molecule has 3 rings (SSSR count). The highest BCUT2D eigenvalue weighted by molar-refractivity contribution is 9.10. The van der Waals surface area contributed by atoms with Crippen LogP contribution in [0.1, 0.15) is 0 Å². The van der Waals surface area contributed by atoms with Gasteiger partial charge in [0.1, 0.15) is 5.82 Å². The standard InChI is InChI=1S/C11H10BrFN2O2S2/c12-6-1-2-9(7(13)3-6)15-10-5-19(16,17)4-8(10)14-11(15)18/h1-3,8,10H,4-5H2,(H,14,18)/t8-,10-/m0/s1. The molecule has 4 nitrogen and oxygen atoms in total. The Labute approximate surface area is 124 Å². The smallest absolute Gasteiger partial charge is 0.174 e. The lowest BCUT2D eigenvalue weighted by atomic mass is 10.1. The molecule has 2 aliphatic rings. The summed E-state index contributed by atoms with van der Waals surface area (Å²) in [5.74, 6) is -0.379. The predicted octanol–water partition coefficient (Wildman–Crippen LogP) is 1.45. The van der Waals surface area contributed by atoms with Crippen LogP contribution in [0.15, 0.2) is 22.7 Å². The van der Waals surface area contributed by atoms with Gasteiger partial charge in [-0.2, -0.15) is 0 Å². The van der Waals surface area contributed by atoms with Crippen molar-refractivity contribution in [3.63, 3.8) is 0 Å². The Balaban J connectivity index is 2.02. The van der Waals surface area contributed by atoms with Crippen LogP contribution in [0.5, 0.6) is 0 Å². The summed E-state index contributed by atoms with van der Waals surface area (Å²) in [7, 11) is -3.09. The zero-order valence-electron chi connectivity index (χ0n) is 9.64. The first kappa shape index (κ1) is 13.3. The first-order chi connectivity index (χ1) is 8.87. The average molecular weight is 365 g/mol. The molecule has 0 unspecified atom stereocenters. The summed E-state index contributed by atoms with van der Waals surface area (Å²) in [6.07, 6.45) is 0. The van der Waals surface area contributed by atoms with Gasteiger partial charge in [-0.25, -0.2) is 12.8 Å². The van der Waals surface area contributed by atoms with Gasteiger partial charge in [-0.1, -0.05) is 15.9 Å². The van der Waals surface area contributed by atoms with Crippen LogP contribution < -0.4 is 10.2 Å². The van der Waals surface area contributed by atoms with Gasteiger partial charge in [0, 0.05) is 4.47 Å². The Bertz CT molecular complexity index is 665. The van der Waals surface area contributed by atoms with Crippen LogP contribution in [0.2, 0.25) is 0 Å². The monoisotopic (exact) mass is 364 g/mol. The molecule has 102 valence electrons. The molecule has 2 saturated heterocycles. The van der Waals surface area contributed by atoms with Crippen LogP contribution in [0.25, 0.3) is 0 Å². The summed E-state index contributed by atoms with van der Waals surface area (Å²) in [4.78, 5) is 1.58. The van der Waals surface area contributed by atoms with Crippen molar-refractivity contribution >= 4 is 48.8 Å². The van der Waals surface area contributed by atoms with Gasteiger partial charge in [0.15, 0.2) is 14.9 Å². The number of rotatable bonds is 1. The van der Waals surface area contributed by atoms with Gasteiger partial charge in [-0.05, 0) is 30.4 Å². The minimum atomic E-state index is -3.09. The van der Waals surface area contributed by atoms with Crippen molar-refractivity contribution in [2.24, 2.45) is 0 Å². The average Bonchev–Trinajstić information content (AvgIpc) is 2.70. The van der Waals surface area contributed by atoms with Gasteiger partial charge in [0.05, 0.1) is 29.3 Å². The van der Waals surface area contributed by atoms with E-state index in [1.165, 1.54) is 6.07 Å². The van der Waals surface area contributed by atoms with Gasteiger partial charge in [0.25, 0.3) is 0 Å². The van der Waals surface area contributed by atoms with E-state index in [0.29, 0.717) is 15.3 Å². The van der Waals surface area contributed by atoms with Gasteiger partial charge >= 0.3 is 0 Å². The fourth-order valence-electron chi connectivity index (χ4n) is 2.56. The molecule has 0 spiro atoms. The van der Waals surface area contributed by atoms with E-state index < -0.39 is 15.7 Å². The van der Waals surface area contributed by atoms with Crippen LogP contribution in [0.4, 0.5) is 10.1 Å². The van der Waals surface area contributed by atoms with E-state index in [1.54, 1.807) is 17.0 Å². The third-order valence-electron chi connectivity index (χ3n) is 3.35. The summed E-state index contributed by atoms with van der Waals surface area (Å²) in [5.41, 5.74) is 0.310. The Hall–Kier alpha value is -0.730. The second kappa shape index (κ2) is 4.39. The van der Waals surface area contributed by atoms with Gasteiger partial charge in [0.2, 0.25) is 0 Å². The number of hydrogen-bond donors (Lipinski definition) is 1. The molecule has 0 bridgehead atoms. The van der Waals surface area contributed by atoms with Crippen molar-refractivity contribution in [2.75, 3.05) is 16.4 Å². The summed E-state index contributed by atoms with van der Waals surface area (Å²) >= 11 is 8.38. The number of benzene rings is 1. The second-order valence-corrected chi connectivity index (χ2v) is 8.12. The minimum absolute atomic E-state index is 0.000308. The maximum absolute atomic E-state index is 14.0. The fourth-order valence-corrected chi connectivity index (χ4v) is 5.17. The molecule has 0 aromatic heterocycles. The summed E-state index contributed by atoms with van der Waals surface area (Å²) in [6, 6.07) is 4.07. The predicted molar refractivity (Wildman–Crippen MR) is 78.5 cm³/mol. The van der Waals surface area contributed by atoms with E-state index in [9.17, 15) is 12.8 Å². The molecule has 0 radical (unpaired) electrons. The Morgan fingerprint density at radius 3 is 2.84 bits per heavy atom. The number of sulfone groups is 1. The lowest BCUT2D eigenvalue weighted by Crippen LogP contribution is -2.37. The van der Waals surface area contributed by atoms with Gasteiger partial charge in [-0.3, -0.25) is 0 Å². The Morgan fingerprint density at radius 1 is 1.42 bits per heavy atom. The lowest BCUT2D eigenvalue weighted by molar-refractivity contribution is 0.600. The van der Waals surface area contributed by atoms with Crippen molar-refractivity contribution in [1.29, 1.82) is 0 Å². The summed E-state index contributed by atoms with van der Waals surface area (Å²) < 4.78 is 38.0. The number of hydrogen-bond acceptors (Lipinski definition) is 3. The van der Waals surface area contributed by atoms with Crippen LogP contribution in [0.3, 0.4) is 0 Å². The Morgan fingerprint density at radius 2 is 2.16 bits per heavy atom. The van der Waals surface area contributed by atoms with Crippen molar-refractivity contribution in [3.05, 3.63) is 28.5 Å². The number of anilines is 1. The molecule has 2 fully saturated rings. The van der Waals surface area contributed by atoms with Crippen LogP contribution >= 0.6 is 28.1 Å². The van der Waals surface area contributed by atoms with E-state index in [-0.39, 0.29) is 23.6 Å². The number of halogens is 2. The highest BCUT2D eigenvalue weighted by Crippen LogP contribution is 2.32. The van der Waals surface area contributed by atoms with E-state index >= 15 is 0 Å². The van der Waals surface area contributed by atoms with Crippen molar-refractivity contribution in [2.45, 2.75) is 12.1 Å². The zero-order chi connectivity index (χ0) is 13.8. The van der Waals surface area contributed by atoms with Crippen LogP contribution in [-0.2, 0) is 9.84 Å². The largest absolute Gasteiger partial charge is 0.356 e. The Kier molecular flexibility index (Phi) is 3.06. The van der Waals surface area contributed by atoms with Crippen molar-refractivity contribution in [3.8, 4) is 0 Å². The van der Waals surface area contributed by atoms with Crippen LogP contribution in [-0.4, -0.2) is 37.1 Å². The minimum Gasteiger partial charge on any atom is -0.356 e. The molecule has 0 saturated carbocycles. The second-order valence-electron chi connectivity index (χ2n) is 4.67. The molecule has 1 N–H and O–H groups in total.